The molecule has 0 N–H and O–H groups in total. The summed E-state index contributed by atoms with van der Waals surface area (Å²) in [5, 5.41) is 0. The first kappa shape index (κ1) is 13.8. The number of hydrogen-bond acceptors (Lipinski definition) is 2. The largest absolute Gasteiger partial charge is 0.374 e. The molecule has 0 aromatic carbocycles. The number of allylic oxidation sites excluding steroid dienone is 1. The van der Waals surface area contributed by atoms with Crippen LogP contribution < -0.4 is 0 Å². The van der Waals surface area contributed by atoms with Crippen LogP contribution in [0.5, 0.6) is 0 Å². The second-order valence-corrected chi connectivity index (χ2v) is 5.64. The van der Waals surface area contributed by atoms with Crippen molar-refractivity contribution in [2.24, 2.45) is 0 Å². The molecule has 0 aromatic rings. The first-order chi connectivity index (χ1) is 8.86. The second-order valence-electron chi connectivity index (χ2n) is 5.64. The van der Waals surface area contributed by atoms with Crippen LogP contribution in [0.25, 0.3) is 0 Å². The summed E-state index contributed by atoms with van der Waals surface area (Å²) in [6.07, 6.45) is 14.9. The van der Waals surface area contributed by atoms with Crippen LogP contribution >= 0.6 is 0 Å². The predicted molar refractivity (Wildman–Crippen MR) is 73.6 cm³/mol. The van der Waals surface area contributed by atoms with E-state index in [1.165, 1.54) is 44.1 Å². The molecule has 102 valence electrons. The van der Waals surface area contributed by atoms with Crippen molar-refractivity contribution >= 4 is 5.78 Å². The van der Waals surface area contributed by atoms with Crippen LogP contribution in [-0.4, -0.2) is 18.5 Å². The van der Waals surface area contributed by atoms with Crippen LogP contribution in [0.1, 0.15) is 70.6 Å². The molecule has 1 saturated heterocycles. The van der Waals surface area contributed by atoms with Gasteiger partial charge in [-0.05, 0) is 37.7 Å². The Kier molecular flexibility index (Phi) is 5.92. The summed E-state index contributed by atoms with van der Waals surface area (Å²) in [5.41, 5.74) is 1.40. The molecule has 1 atom stereocenters. The van der Waals surface area contributed by atoms with Crippen molar-refractivity contribution in [2.75, 3.05) is 6.61 Å². The zero-order valence-corrected chi connectivity index (χ0v) is 11.5. The van der Waals surface area contributed by atoms with Gasteiger partial charge in [-0.15, -0.1) is 0 Å². The third-order valence-corrected chi connectivity index (χ3v) is 4.11. The van der Waals surface area contributed by atoms with Crippen molar-refractivity contribution in [1.82, 2.24) is 0 Å². The van der Waals surface area contributed by atoms with Crippen molar-refractivity contribution in [3.8, 4) is 0 Å². The lowest BCUT2D eigenvalue weighted by Crippen LogP contribution is -2.10. The molecule has 1 unspecified atom stereocenters. The van der Waals surface area contributed by atoms with Crippen molar-refractivity contribution in [1.29, 1.82) is 0 Å². The van der Waals surface area contributed by atoms with Gasteiger partial charge in [0, 0.05) is 19.4 Å². The van der Waals surface area contributed by atoms with E-state index >= 15 is 0 Å². The van der Waals surface area contributed by atoms with Crippen LogP contribution in [-0.2, 0) is 9.53 Å². The number of carbonyl (C=O) groups is 1. The van der Waals surface area contributed by atoms with Crippen LogP contribution in [0.4, 0.5) is 0 Å². The molecule has 0 amide bonds. The molecule has 1 aliphatic carbocycles. The topological polar surface area (TPSA) is 26.3 Å². The van der Waals surface area contributed by atoms with Crippen LogP contribution in [0.2, 0.25) is 0 Å². The van der Waals surface area contributed by atoms with Crippen molar-refractivity contribution in [2.45, 2.75) is 76.7 Å². The molecule has 18 heavy (non-hydrogen) atoms. The molecule has 0 spiro atoms. The molecule has 1 aliphatic heterocycles. The Labute approximate surface area is 111 Å². The molecule has 0 radical (unpaired) electrons. The summed E-state index contributed by atoms with van der Waals surface area (Å²) in [5.74, 6) is 0.408. The average molecular weight is 250 g/mol. The number of rotatable bonds is 1. The molecule has 0 bridgehead atoms. The molecular formula is C16H26O2. The summed E-state index contributed by atoms with van der Waals surface area (Å²) in [6.45, 7) is 0.899. The molecule has 1 fully saturated rings. The highest BCUT2D eigenvalue weighted by Crippen LogP contribution is 2.25. The Morgan fingerprint density at radius 3 is 2.39 bits per heavy atom. The summed E-state index contributed by atoms with van der Waals surface area (Å²) < 4.78 is 5.77. The Bertz CT molecular complexity index is 287. The van der Waals surface area contributed by atoms with E-state index in [1.807, 2.05) is 0 Å². The van der Waals surface area contributed by atoms with Gasteiger partial charge in [0.15, 0.2) is 0 Å². The predicted octanol–water partition coefficient (Wildman–Crippen LogP) is 4.19. The molecule has 2 heteroatoms. The van der Waals surface area contributed by atoms with Crippen LogP contribution in [0, 0.1) is 0 Å². The van der Waals surface area contributed by atoms with Crippen molar-refractivity contribution in [3.05, 3.63) is 11.6 Å². The summed E-state index contributed by atoms with van der Waals surface area (Å²) in [6, 6.07) is 0. The highest BCUT2D eigenvalue weighted by molar-refractivity contribution is 5.79. The van der Waals surface area contributed by atoms with Crippen molar-refractivity contribution in [3.63, 3.8) is 0 Å². The highest BCUT2D eigenvalue weighted by atomic mass is 16.5. The molecule has 2 rings (SSSR count). The van der Waals surface area contributed by atoms with E-state index in [0.29, 0.717) is 18.3 Å². The van der Waals surface area contributed by atoms with E-state index in [-0.39, 0.29) is 0 Å². The Hall–Kier alpha value is -0.630. The van der Waals surface area contributed by atoms with Crippen molar-refractivity contribution < 1.29 is 9.53 Å². The summed E-state index contributed by atoms with van der Waals surface area (Å²) in [4.78, 5) is 11.8. The lowest BCUT2D eigenvalue weighted by atomic mass is 9.96. The zero-order valence-electron chi connectivity index (χ0n) is 11.5. The molecule has 1 heterocycles. The fourth-order valence-corrected chi connectivity index (χ4v) is 2.97. The minimum absolute atomic E-state index is 0.320. The van der Waals surface area contributed by atoms with E-state index in [1.54, 1.807) is 0 Å². The number of carbonyl (C=O) groups excluding carboxylic acids is 1. The number of ketones is 1. The van der Waals surface area contributed by atoms with Gasteiger partial charge in [-0.25, -0.2) is 0 Å². The Balaban J connectivity index is 1.93. The number of hydrogen-bond donors (Lipinski definition) is 0. The lowest BCUT2D eigenvalue weighted by molar-refractivity contribution is -0.118. The van der Waals surface area contributed by atoms with E-state index in [0.717, 1.165) is 32.3 Å². The maximum Gasteiger partial charge on any atom is 0.136 e. The van der Waals surface area contributed by atoms with Gasteiger partial charge in [-0.3, -0.25) is 4.79 Å². The molecular weight excluding hydrogens is 224 g/mol. The first-order valence-corrected chi connectivity index (χ1v) is 7.68. The van der Waals surface area contributed by atoms with Gasteiger partial charge in [0.25, 0.3) is 0 Å². The maximum atomic E-state index is 11.8. The van der Waals surface area contributed by atoms with E-state index < -0.39 is 0 Å². The quantitative estimate of drug-likeness (QED) is 0.652. The fourth-order valence-electron chi connectivity index (χ4n) is 2.97. The zero-order chi connectivity index (χ0) is 12.6. The van der Waals surface area contributed by atoms with Gasteiger partial charge in [0.05, 0.1) is 6.10 Å². The third-order valence-electron chi connectivity index (χ3n) is 4.11. The van der Waals surface area contributed by atoms with Crippen LogP contribution in [0.3, 0.4) is 0 Å². The molecule has 2 aliphatic rings. The fraction of sp³-hybridized carbons (Fsp3) is 0.812. The standard InChI is InChI=1S/C16H26O2/c17-15-9-6-4-2-1-3-5-8-14(11-12-15)16-10-7-13-18-16/h11,16H,1-10,12-13H2. The van der Waals surface area contributed by atoms with E-state index in [2.05, 4.69) is 6.08 Å². The second kappa shape index (κ2) is 7.73. The van der Waals surface area contributed by atoms with Gasteiger partial charge >= 0.3 is 0 Å². The minimum atomic E-state index is 0.320. The maximum absolute atomic E-state index is 11.8. The van der Waals surface area contributed by atoms with Gasteiger partial charge in [0.2, 0.25) is 0 Å². The normalized spacial score (nSPS) is 28.3. The monoisotopic (exact) mass is 250 g/mol. The first-order valence-electron chi connectivity index (χ1n) is 7.68. The van der Waals surface area contributed by atoms with Gasteiger partial charge in [-0.1, -0.05) is 31.8 Å². The molecule has 0 aromatic heterocycles. The molecule has 0 saturated carbocycles. The van der Waals surface area contributed by atoms with Crippen LogP contribution in [0.15, 0.2) is 11.6 Å². The average Bonchev–Trinajstić information content (AvgIpc) is 2.87. The van der Waals surface area contributed by atoms with E-state index in [4.69, 9.17) is 4.74 Å². The van der Waals surface area contributed by atoms with Gasteiger partial charge in [0.1, 0.15) is 5.78 Å². The minimum Gasteiger partial charge on any atom is -0.374 e. The smallest absolute Gasteiger partial charge is 0.136 e. The Morgan fingerprint density at radius 2 is 1.67 bits per heavy atom. The summed E-state index contributed by atoms with van der Waals surface area (Å²) >= 11 is 0. The van der Waals surface area contributed by atoms with Gasteiger partial charge in [-0.2, -0.15) is 0 Å². The summed E-state index contributed by atoms with van der Waals surface area (Å²) in [7, 11) is 0. The van der Waals surface area contributed by atoms with Gasteiger partial charge < -0.3 is 4.74 Å². The van der Waals surface area contributed by atoms with E-state index in [9.17, 15) is 4.79 Å². The number of Topliss-reactive ketones (excluding diaryl/α,β-unsaturated/α-hetero) is 1. The highest BCUT2D eigenvalue weighted by Gasteiger charge is 2.19. The lowest BCUT2D eigenvalue weighted by Gasteiger charge is -2.15. The SMILES string of the molecule is O=C1CC=C(C2CCCO2)CCCCCCCC1. The third kappa shape index (κ3) is 4.56. The number of ether oxygens (including phenoxy) is 1. The molecule has 2 nitrogen and oxygen atoms in total. The Morgan fingerprint density at radius 1 is 0.944 bits per heavy atom.